The number of allylic oxidation sites excluding steroid dienone is 1. The third kappa shape index (κ3) is 3.63. The fourth-order valence-electron chi connectivity index (χ4n) is 3.59. The summed E-state index contributed by atoms with van der Waals surface area (Å²) in [5.41, 5.74) is 2.13. The average molecular weight is 360 g/mol. The fraction of sp³-hybridized carbons (Fsp3) is 0.474. The average Bonchev–Trinajstić information content (AvgIpc) is 2.98. The number of ether oxygens (including phenoxy) is 2. The highest BCUT2D eigenvalue weighted by Gasteiger charge is 2.35. The molecule has 2 aliphatic rings. The third-order valence-corrected chi connectivity index (χ3v) is 5.20. The number of hydrogen-bond donors (Lipinski definition) is 2. The lowest BCUT2D eigenvalue weighted by Gasteiger charge is -2.31. The van der Waals surface area contributed by atoms with Gasteiger partial charge < -0.3 is 20.1 Å². The van der Waals surface area contributed by atoms with E-state index in [2.05, 4.69) is 17.6 Å². The Kier molecular flexibility index (Phi) is 5.27. The maximum atomic E-state index is 13.0. The highest BCUT2D eigenvalue weighted by atomic mass is 32.1. The van der Waals surface area contributed by atoms with Gasteiger partial charge in [-0.25, -0.2) is 4.79 Å². The molecule has 1 aliphatic heterocycles. The molecule has 134 valence electrons. The molecule has 1 aromatic rings. The number of benzene rings is 1. The SMILES string of the molecule is COc1ccccc1[C@@H]1NC(=S)NC(C)=C1C(=O)O[C@H]1CCC[C@@H]1C. The highest BCUT2D eigenvalue weighted by Crippen LogP contribution is 2.35. The van der Waals surface area contributed by atoms with Crippen LogP contribution in [0.3, 0.4) is 0 Å². The molecule has 0 bridgehead atoms. The molecule has 0 radical (unpaired) electrons. The molecule has 0 aromatic heterocycles. The molecule has 2 N–H and O–H groups in total. The van der Waals surface area contributed by atoms with Gasteiger partial charge in [0.1, 0.15) is 11.9 Å². The van der Waals surface area contributed by atoms with E-state index in [1.165, 1.54) is 0 Å². The molecule has 1 saturated carbocycles. The van der Waals surface area contributed by atoms with Crippen LogP contribution < -0.4 is 15.4 Å². The summed E-state index contributed by atoms with van der Waals surface area (Å²) in [4.78, 5) is 13.0. The zero-order chi connectivity index (χ0) is 18.0. The van der Waals surface area contributed by atoms with E-state index in [0.29, 0.717) is 22.4 Å². The number of carbonyl (C=O) groups excluding carboxylic acids is 1. The van der Waals surface area contributed by atoms with Crippen LogP contribution in [-0.4, -0.2) is 24.3 Å². The summed E-state index contributed by atoms with van der Waals surface area (Å²) in [5, 5.41) is 6.71. The van der Waals surface area contributed by atoms with Crippen LogP contribution in [-0.2, 0) is 9.53 Å². The number of rotatable bonds is 4. The second-order valence-electron chi connectivity index (χ2n) is 6.66. The minimum absolute atomic E-state index is 0.0139. The number of hydrogen-bond acceptors (Lipinski definition) is 4. The molecule has 0 saturated heterocycles. The van der Waals surface area contributed by atoms with Gasteiger partial charge >= 0.3 is 5.97 Å². The van der Waals surface area contributed by atoms with Gasteiger partial charge in [0.25, 0.3) is 0 Å². The monoisotopic (exact) mass is 360 g/mol. The molecule has 5 nitrogen and oxygen atoms in total. The van der Waals surface area contributed by atoms with Gasteiger partial charge in [-0.15, -0.1) is 0 Å². The molecule has 3 rings (SSSR count). The Hall–Kier alpha value is -2.08. The summed E-state index contributed by atoms with van der Waals surface area (Å²) in [6.45, 7) is 3.99. The Balaban J connectivity index is 1.93. The van der Waals surface area contributed by atoms with Crippen LogP contribution in [0.5, 0.6) is 5.75 Å². The highest BCUT2D eigenvalue weighted by molar-refractivity contribution is 7.80. The van der Waals surface area contributed by atoms with E-state index in [1.807, 2.05) is 31.2 Å². The minimum Gasteiger partial charge on any atom is -0.496 e. The van der Waals surface area contributed by atoms with Crippen molar-refractivity contribution in [1.82, 2.24) is 10.6 Å². The first-order chi connectivity index (χ1) is 12.0. The van der Waals surface area contributed by atoms with Crippen LogP contribution in [0.1, 0.15) is 44.7 Å². The maximum absolute atomic E-state index is 13.0. The summed E-state index contributed by atoms with van der Waals surface area (Å²) in [6.07, 6.45) is 3.12. The van der Waals surface area contributed by atoms with Crippen molar-refractivity contribution in [3.8, 4) is 5.75 Å². The van der Waals surface area contributed by atoms with E-state index in [0.717, 1.165) is 30.5 Å². The zero-order valence-corrected chi connectivity index (χ0v) is 15.6. The number of nitrogens with one attached hydrogen (secondary N) is 2. The molecule has 1 fully saturated rings. The molecule has 0 unspecified atom stereocenters. The second kappa shape index (κ2) is 7.44. The summed E-state index contributed by atoms with van der Waals surface area (Å²) >= 11 is 5.29. The van der Waals surface area contributed by atoms with Crippen LogP contribution in [0.2, 0.25) is 0 Å². The van der Waals surface area contributed by atoms with Crippen LogP contribution in [0.25, 0.3) is 0 Å². The fourth-order valence-corrected chi connectivity index (χ4v) is 3.86. The van der Waals surface area contributed by atoms with Crippen LogP contribution in [0.15, 0.2) is 35.5 Å². The molecule has 25 heavy (non-hydrogen) atoms. The summed E-state index contributed by atoms with van der Waals surface area (Å²) in [7, 11) is 1.62. The normalized spacial score (nSPS) is 26.0. The summed E-state index contributed by atoms with van der Waals surface area (Å²) < 4.78 is 11.3. The molecular weight excluding hydrogens is 336 g/mol. The molecule has 6 heteroatoms. The standard InChI is InChI=1S/C19H24N2O3S/c1-11-7-6-10-14(11)24-18(22)16-12(2)20-19(25)21-17(16)13-8-4-5-9-15(13)23-3/h4-5,8-9,11,14,17H,6-7,10H2,1-3H3,(H2,20,21,25)/t11-,14-,17-/m0/s1. The van der Waals surface area contributed by atoms with E-state index in [1.54, 1.807) is 7.11 Å². The Labute approximate surface area is 153 Å². The number of esters is 1. The van der Waals surface area contributed by atoms with Gasteiger partial charge in [0.15, 0.2) is 5.11 Å². The first kappa shape index (κ1) is 17.7. The predicted molar refractivity (Wildman–Crippen MR) is 100 cm³/mol. The Morgan fingerprint density at radius 2 is 2.04 bits per heavy atom. The molecule has 3 atom stereocenters. The quantitative estimate of drug-likeness (QED) is 0.635. The molecule has 0 amide bonds. The van der Waals surface area contributed by atoms with Crippen molar-refractivity contribution in [2.45, 2.75) is 45.3 Å². The van der Waals surface area contributed by atoms with E-state index in [4.69, 9.17) is 21.7 Å². The first-order valence-corrected chi connectivity index (χ1v) is 9.04. The van der Waals surface area contributed by atoms with Crippen molar-refractivity contribution in [2.75, 3.05) is 7.11 Å². The van der Waals surface area contributed by atoms with E-state index >= 15 is 0 Å². The Morgan fingerprint density at radius 3 is 2.72 bits per heavy atom. The Bertz CT molecular complexity index is 716. The van der Waals surface area contributed by atoms with Gasteiger partial charge in [-0.3, -0.25) is 0 Å². The minimum atomic E-state index is -0.394. The lowest BCUT2D eigenvalue weighted by molar-refractivity contribution is -0.146. The van der Waals surface area contributed by atoms with Crippen molar-refractivity contribution in [2.24, 2.45) is 5.92 Å². The largest absolute Gasteiger partial charge is 0.496 e. The molecule has 1 aliphatic carbocycles. The lowest BCUT2D eigenvalue weighted by atomic mass is 9.94. The van der Waals surface area contributed by atoms with Crippen molar-refractivity contribution in [3.63, 3.8) is 0 Å². The number of thiocarbonyl (C=S) groups is 1. The van der Waals surface area contributed by atoms with Crippen LogP contribution in [0.4, 0.5) is 0 Å². The van der Waals surface area contributed by atoms with Gasteiger partial charge in [-0.2, -0.15) is 0 Å². The third-order valence-electron chi connectivity index (χ3n) is 4.98. The molecule has 1 aromatic carbocycles. The summed E-state index contributed by atoms with van der Waals surface area (Å²) in [6, 6.07) is 7.23. The molecular formula is C19H24N2O3S. The zero-order valence-electron chi connectivity index (χ0n) is 14.8. The van der Waals surface area contributed by atoms with Crippen molar-refractivity contribution in [1.29, 1.82) is 0 Å². The van der Waals surface area contributed by atoms with Crippen LogP contribution >= 0.6 is 12.2 Å². The number of carbonyl (C=O) groups is 1. The van der Waals surface area contributed by atoms with Crippen molar-refractivity contribution < 1.29 is 14.3 Å². The Morgan fingerprint density at radius 1 is 1.28 bits per heavy atom. The van der Waals surface area contributed by atoms with Gasteiger partial charge in [-0.1, -0.05) is 25.1 Å². The molecule has 0 spiro atoms. The smallest absolute Gasteiger partial charge is 0.338 e. The van der Waals surface area contributed by atoms with E-state index < -0.39 is 6.04 Å². The van der Waals surface area contributed by atoms with Gasteiger partial charge in [-0.05, 0) is 50.4 Å². The van der Waals surface area contributed by atoms with Gasteiger partial charge in [0.2, 0.25) is 0 Å². The molecule has 1 heterocycles. The van der Waals surface area contributed by atoms with Crippen molar-refractivity contribution in [3.05, 3.63) is 41.1 Å². The lowest BCUT2D eigenvalue weighted by Crippen LogP contribution is -2.45. The predicted octanol–water partition coefficient (Wildman–Crippen LogP) is 3.22. The maximum Gasteiger partial charge on any atom is 0.338 e. The van der Waals surface area contributed by atoms with Crippen molar-refractivity contribution >= 4 is 23.3 Å². The van der Waals surface area contributed by atoms with Crippen LogP contribution in [0, 0.1) is 5.92 Å². The number of methoxy groups -OCH3 is 1. The van der Waals surface area contributed by atoms with Gasteiger partial charge in [0.05, 0.1) is 18.7 Å². The van der Waals surface area contributed by atoms with Gasteiger partial charge in [0, 0.05) is 11.3 Å². The summed E-state index contributed by atoms with van der Waals surface area (Å²) in [5.74, 6) is 0.812. The first-order valence-electron chi connectivity index (χ1n) is 8.63. The topological polar surface area (TPSA) is 59.6 Å². The number of para-hydroxylation sites is 1. The van der Waals surface area contributed by atoms with E-state index in [-0.39, 0.29) is 12.1 Å². The van der Waals surface area contributed by atoms with E-state index in [9.17, 15) is 4.79 Å². The second-order valence-corrected chi connectivity index (χ2v) is 7.07.